The van der Waals surface area contributed by atoms with Crippen LogP contribution in [0.4, 0.5) is 9.52 Å². The van der Waals surface area contributed by atoms with Crippen molar-refractivity contribution < 1.29 is 14.0 Å². The number of nitrogens with one attached hydrogen (secondary N) is 1. The minimum atomic E-state index is -0.410. The molecule has 6 nitrogen and oxygen atoms in total. The van der Waals surface area contributed by atoms with Crippen LogP contribution in [0.5, 0.6) is 0 Å². The third-order valence-electron chi connectivity index (χ3n) is 5.06. The van der Waals surface area contributed by atoms with Crippen LogP contribution < -0.4 is 5.32 Å². The van der Waals surface area contributed by atoms with Crippen molar-refractivity contribution in [2.45, 2.75) is 19.3 Å². The van der Waals surface area contributed by atoms with Crippen molar-refractivity contribution in [2.75, 3.05) is 18.4 Å². The van der Waals surface area contributed by atoms with Crippen LogP contribution in [0, 0.1) is 11.7 Å². The molecule has 1 unspecified atom stereocenters. The first kappa shape index (κ1) is 20.2. The van der Waals surface area contributed by atoms with E-state index in [1.807, 2.05) is 30.3 Å². The molecule has 0 bridgehead atoms. The van der Waals surface area contributed by atoms with E-state index >= 15 is 0 Å². The first-order chi connectivity index (χ1) is 14.6. The Morgan fingerprint density at radius 1 is 1.10 bits per heavy atom. The van der Waals surface area contributed by atoms with Crippen molar-refractivity contribution in [2.24, 2.45) is 5.92 Å². The van der Waals surface area contributed by atoms with Gasteiger partial charge < -0.3 is 10.2 Å². The fraction of sp³-hybridized carbons (Fsp3) is 0.273. The third-order valence-corrected chi connectivity index (χ3v) is 5.90. The minimum absolute atomic E-state index is 0.0423. The van der Waals surface area contributed by atoms with E-state index in [0.717, 1.165) is 16.1 Å². The van der Waals surface area contributed by atoms with Crippen molar-refractivity contribution >= 4 is 28.3 Å². The van der Waals surface area contributed by atoms with Crippen LogP contribution in [0.1, 0.15) is 22.6 Å². The van der Waals surface area contributed by atoms with Gasteiger partial charge >= 0.3 is 0 Å². The molecule has 1 atom stereocenters. The zero-order valence-electron chi connectivity index (χ0n) is 16.3. The number of aromatic nitrogens is 2. The van der Waals surface area contributed by atoms with E-state index in [4.69, 9.17) is 0 Å². The van der Waals surface area contributed by atoms with Crippen molar-refractivity contribution in [3.63, 3.8) is 0 Å². The number of halogens is 1. The maximum atomic E-state index is 13.0. The van der Waals surface area contributed by atoms with Gasteiger partial charge in [0.15, 0.2) is 0 Å². The van der Waals surface area contributed by atoms with E-state index in [-0.39, 0.29) is 24.1 Å². The molecular formula is C22H21FN4O2S. The summed E-state index contributed by atoms with van der Waals surface area (Å²) in [5, 5.41) is 12.3. The summed E-state index contributed by atoms with van der Waals surface area (Å²) in [6.07, 6.45) is 1.47. The number of likely N-dealkylation sites (tertiary alicyclic amines) is 1. The molecule has 4 rings (SSSR count). The number of benzene rings is 2. The van der Waals surface area contributed by atoms with Crippen molar-refractivity contribution in [1.82, 2.24) is 15.1 Å². The summed E-state index contributed by atoms with van der Waals surface area (Å²) in [6.45, 7) is 0.885. The molecule has 1 aliphatic heterocycles. The lowest BCUT2D eigenvalue weighted by Gasteiger charge is -2.16. The van der Waals surface area contributed by atoms with Gasteiger partial charge in [0.25, 0.3) is 0 Å². The van der Waals surface area contributed by atoms with Gasteiger partial charge in [0.2, 0.25) is 16.9 Å². The van der Waals surface area contributed by atoms with E-state index in [0.29, 0.717) is 31.1 Å². The SMILES string of the molecule is O=C(Nc1nnc(Cc2ccccc2)s1)C1CC(=O)N(CCc2ccc(F)cc2)C1. The summed E-state index contributed by atoms with van der Waals surface area (Å²) >= 11 is 1.34. The van der Waals surface area contributed by atoms with E-state index in [1.54, 1.807) is 17.0 Å². The Labute approximate surface area is 177 Å². The van der Waals surface area contributed by atoms with Gasteiger partial charge in [0.1, 0.15) is 10.8 Å². The normalized spacial score (nSPS) is 16.1. The van der Waals surface area contributed by atoms with Gasteiger partial charge in [-0.2, -0.15) is 0 Å². The molecule has 8 heteroatoms. The highest BCUT2D eigenvalue weighted by atomic mass is 32.1. The fourth-order valence-corrected chi connectivity index (χ4v) is 4.21. The monoisotopic (exact) mass is 424 g/mol. The van der Waals surface area contributed by atoms with Gasteiger partial charge in [0, 0.05) is 25.9 Å². The van der Waals surface area contributed by atoms with Crippen LogP contribution in [-0.2, 0) is 22.4 Å². The number of anilines is 1. The molecule has 0 aliphatic carbocycles. The third kappa shape index (κ3) is 5.07. The maximum Gasteiger partial charge on any atom is 0.231 e. The first-order valence-corrected chi connectivity index (χ1v) is 10.6. The van der Waals surface area contributed by atoms with Crippen LogP contribution in [0.25, 0.3) is 0 Å². The molecule has 1 saturated heterocycles. The van der Waals surface area contributed by atoms with Crippen LogP contribution in [0.3, 0.4) is 0 Å². The van der Waals surface area contributed by atoms with Gasteiger partial charge in [-0.3, -0.25) is 9.59 Å². The molecule has 2 aromatic carbocycles. The molecule has 1 fully saturated rings. The molecule has 0 saturated carbocycles. The number of carbonyl (C=O) groups is 2. The molecule has 3 aromatic rings. The Kier molecular flexibility index (Phi) is 6.13. The van der Waals surface area contributed by atoms with E-state index in [9.17, 15) is 14.0 Å². The van der Waals surface area contributed by atoms with Crippen LogP contribution in [-0.4, -0.2) is 40.0 Å². The first-order valence-electron chi connectivity index (χ1n) is 9.76. The summed E-state index contributed by atoms with van der Waals surface area (Å²) < 4.78 is 13.0. The molecule has 0 radical (unpaired) electrons. The second-order valence-corrected chi connectivity index (χ2v) is 8.33. The smallest absolute Gasteiger partial charge is 0.231 e. The molecule has 1 aliphatic rings. The average molecular weight is 425 g/mol. The van der Waals surface area contributed by atoms with Crippen LogP contribution >= 0.6 is 11.3 Å². The highest BCUT2D eigenvalue weighted by Gasteiger charge is 2.34. The van der Waals surface area contributed by atoms with Crippen LogP contribution in [0.15, 0.2) is 54.6 Å². The summed E-state index contributed by atoms with van der Waals surface area (Å²) in [5.41, 5.74) is 2.08. The minimum Gasteiger partial charge on any atom is -0.342 e. The van der Waals surface area contributed by atoms with Gasteiger partial charge in [0.05, 0.1) is 5.92 Å². The Morgan fingerprint density at radius 3 is 2.63 bits per heavy atom. The highest BCUT2D eigenvalue weighted by molar-refractivity contribution is 7.15. The number of hydrogen-bond donors (Lipinski definition) is 1. The maximum absolute atomic E-state index is 13.0. The summed E-state index contributed by atoms with van der Waals surface area (Å²) in [5.74, 6) is -0.946. The van der Waals surface area contributed by atoms with E-state index in [2.05, 4.69) is 15.5 Å². The number of carbonyl (C=O) groups excluding carboxylic acids is 2. The van der Waals surface area contributed by atoms with Crippen LogP contribution in [0.2, 0.25) is 0 Å². The molecule has 154 valence electrons. The number of amides is 2. The topological polar surface area (TPSA) is 75.2 Å². The average Bonchev–Trinajstić information content (AvgIpc) is 3.34. The van der Waals surface area contributed by atoms with E-state index < -0.39 is 5.92 Å². The van der Waals surface area contributed by atoms with Crippen molar-refractivity contribution in [3.05, 3.63) is 76.5 Å². The summed E-state index contributed by atoms with van der Waals surface area (Å²) in [7, 11) is 0. The standard InChI is InChI=1S/C22H21FN4O2S/c23-18-8-6-15(7-9-18)10-11-27-14-17(13-20(27)28)21(29)24-22-26-25-19(30-22)12-16-4-2-1-3-5-16/h1-9,17H,10-14H2,(H,24,26,29). The second kappa shape index (κ2) is 9.13. The zero-order chi connectivity index (χ0) is 20.9. The lowest BCUT2D eigenvalue weighted by atomic mass is 10.1. The molecule has 2 amide bonds. The van der Waals surface area contributed by atoms with Crippen molar-refractivity contribution in [3.8, 4) is 0 Å². The zero-order valence-corrected chi connectivity index (χ0v) is 17.1. The second-order valence-electron chi connectivity index (χ2n) is 7.27. The number of nitrogens with zero attached hydrogens (tertiary/aromatic N) is 3. The summed E-state index contributed by atoms with van der Waals surface area (Å²) in [6, 6.07) is 16.2. The van der Waals surface area contributed by atoms with Crippen molar-refractivity contribution in [1.29, 1.82) is 0 Å². The number of hydrogen-bond acceptors (Lipinski definition) is 5. The van der Waals surface area contributed by atoms with Gasteiger partial charge in [-0.05, 0) is 29.7 Å². The van der Waals surface area contributed by atoms with Gasteiger partial charge in [-0.1, -0.05) is 53.8 Å². The molecule has 1 N–H and O–H groups in total. The molecule has 30 heavy (non-hydrogen) atoms. The summed E-state index contributed by atoms with van der Waals surface area (Å²) in [4.78, 5) is 26.6. The molecular weight excluding hydrogens is 403 g/mol. The van der Waals surface area contributed by atoms with E-state index in [1.165, 1.54) is 23.5 Å². The largest absolute Gasteiger partial charge is 0.342 e. The Morgan fingerprint density at radius 2 is 1.87 bits per heavy atom. The predicted octanol–water partition coefficient (Wildman–Crippen LogP) is 3.30. The molecule has 0 spiro atoms. The lowest BCUT2D eigenvalue weighted by molar-refractivity contribution is -0.128. The Bertz CT molecular complexity index is 1020. The number of rotatable bonds is 7. The van der Waals surface area contributed by atoms with Gasteiger partial charge in [-0.15, -0.1) is 10.2 Å². The van der Waals surface area contributed by atoms with Gasteiger partial charge in [-0.25, -0.2) is 4.39 Å². The fourth-order valence-electron chi connectivity index (χ4n) is 3.43. The quantitative estimate of drug-likeness (QED) is 0.632. The lowest BCUT2D eigenvalue weighted by Crippen LogP contribution is -2.30. The Balaban J connectivity index is 1.29. The Hall–Kier alpha value is -3.13. The molecule has 1 aromatic heterocycles. The molecule has 2 heterocycles. The highest BCUT2D eigenvalue weighted by Crippen LogP contribution is 2.23. The predicted molar refractivity (Wildman–Crippen MR) is 113 cm³/mol.